The molecule has 1 N–H and O–H groups in total. The number of amides is 1. The number of esters is 1. The van der Waals surface area contributed by atoms with Crippen molar-refractivity contribution in [3.8, 4) is 17.2 Å². The molecule has 1 amide bonds. The molecule has 1 fully saturated rings. The lowest BCUT2D eigenvalue weighted by molar-refractivity contribution is -0.148. The van der Waals surface area contributed by atoms with E-state index in [2.05, 4.69) is 5.32 Å². The van der Waals surface area contributed by atoms with E-state index in [0.717, 1.165) is 25.7 Å². The Balaban J connectivity index is 1.85. The molecular formula is C21H31NO6. The van der Waals surface area contributed by atoms with Crippen LogP contribution in [0.4, 0.5) is 0 Å². The molecule has 1 aromatic rings. The fraction of sp³-hybridized carbons (Fsp3) is 0.619. The summed E-state index contributed by atoms with van der Waals surface area (Å²) in [5.74, 6) is 0.657. The van der Waals surface area contributed by atoms with Crippen LogP contribution in [0.1, 0.15) is 50.5 Å². The molecule has 0 spiro atoms. The normalized spacial score (nSPS) is 15.1. The van der Waals surface area contributed by atoms with Crippen molar-refractivity contribution in [3.05, 3.63) is 17.7 Å². The van der Waals surface area contributed by atoms with E-state index in [9.17, 15) is 9.59 Å². The van der Waals surface area contributed by atoms with Gasteiger partial charge in [-0.25, -0.2) is 0 Å². The molecule has 0 heterocycles. The summed E-state index contributed by atoms with van der Waals surface area (Å²) >= 11 is 0. The number of hydrogen-bond acceptors (Lipinski definition) is 6. The van der Waals surface area contributed by atoms with Gasteiger partial charge >= 0.3 is 5.97 Å². The van der Waals surface area contributed by atoms with Gasteiger partial charge in [0.15, 0.2) is 18.1 Å². The predicted molar refractivity (Wildman–Crippen MR) is 105 cm³/mol. The summed E-state index contributed by atoms with van der Waals surface area (Å²) in [6.45, 7) is -0.264. The Kier molecular flexibility index (Phi) is 8.91. The van der Waals surface area contributed by atoms with E-state index in [1.807, 2.05) is 0 Å². The highest BCUT2D eigenvalue weighted by atomic mass is 16.5. The minimum atomic E-state index is -0.484. The molecular weight excluding hydrogens is 362 g/mol. The van der Waals surface area contributed by atoms with Crippen LogP contribution in [0.5, 0.6) is 17.2 Å². The fourth-order valence-corrected chi connectivity index (χ4v) is 3.47. The molecule has 1 saturated carbocycles. The number of hydrogen-bond donors (Lipinski definition) is 1. The van der Waals surface area contributed by atoms with Crippen molar-refractivity contribution in [1.82, 2.24) is 5.32 Å². The van der Waals surface area contributed by atoms with Crippen LogP contribution in [0.15, 0.2) is 12.1 Å². The topological polar surface area (TPSA) is 83.1 Å². The van der Waals surface area contributed by atoms with Gasteiger partial charge in [0.25, 0.3) is 5.91 Å². The highest BCUT2D eigenvalue weighted by Crippen LogP contribution is 2.38. The van der Waals surface area contributed by atoms with E-state index in [4.69, 9.17) is 18.9 Å². The average Bonchev–Trinajstić information content (AvgIpc) is 2.67. The van der Waals surface area contributed by atoms with Crippen molar-refractivity contribution >= 4 is 11.9 Å². The summed E-state index contributed by atoms with van der Waals surface area (Å²) in [7, 11) is 4.54. The van der Waals surface area contributed by atoms with Gasteiger partial charge in [0.05, 0.1) is 27.8 Å². The third kappa shape index (κ3) is 6.62. The second kappa shape index (κ2) is 11.4. The van der Waals surface area contributed by atoms with E-state index < -0.39 is 5.97 Å². The maximum absolute atomic E-state index is 12.1. The lowest BCUT2D eigenvalue weighted by Crippen LogP contribution is -2.38. The van der Waals surface area contributed by atoms with Gasteiger partial charge in [-0.3, -0.25) is 9.59 Å². The summed E-state index contributed by atoms with van der Waals surface area (Å²) in [4.78, 5) is 24.3. The van der Waals surface area contributed by atoms with Gasteiger partial charge in [-0.15, -0.1) is 0 Å². The number of ether oxygens (including phenoxy) is 4. The van der Waals surface area contributed by atoms with Gasteiger partial charge in [0.2, 0.25) is 5.75 Å². The van der Waals surface area contributed by atoms with E-state index >= 15 is 0 Å². The minimum absolute atomic E-state index is 0.00736. The van der Waals surface area contributed by atoms with Gasteiger partial charge in [0, 0.05) is 6.04 Å². The van der Waals surface area contributed by atoms with Crippen LogP contribution in [-0.2, 0) is 20.7 Å². The van der Waals surface area contributed by atoms with Crippen molar-refractivity contribution < 1.29 is 28.5 Å². The van der Waals surface area contributed by atoms with Crippen molar-refractivity contribution in [2.24, 2.45) is 0 Å². The third-order valence-electron chi connectivity index (χ3n) is 4.91. The predicted octanol–water partition coefficient (Wildman–Crippen LogP) is 3.03. The quantitative estimate of drug-likeness (QED) is 0.684. The first-order valence-corrected chi connectivity index (χ1v) is 9.81. The first-order chi connectivity index (χ1) is 13.6. The SMILES string of the molecule is COc1cc(CC(=O)OCC(=O)NC2CCCCCCC2)cc(OC)c1OC. The highest BCUT2D eigenvalue weighted by molar-refractivity contribution is 5.81. The molecule has 0 radical (unpaired) electrons. The average molecular weight is 393 g/mol. The molecule has 1 aliphatic carbocycles. The Morgan fingerprint density at radius 1 is 0.929 bits per heavy atom. The van der Waals surface area contributed by atoms with Gasteiger partial charge in [-0.05, 0) is 30.5 Å². The first-order valence-electron chi connectivity index (χ1n) is 9.81. The number of benzene rings is 1. The number of carbonyl (C=O) groups excluding carboxylic acids is 2. The Bertz CT molecular complexity index is 627. The molecule has 156 valence electrons. The Morgan fingerprint density at radius 3 is 2.04 bits per heavy atom. The van der Waals surface area contributed by atoms with E-state index in [0.29, 0.717) is 22.8 Å². The van der Waals surface area contributed by atoms with Crippen LogP contribution >= 0.6 is 0 Å². The van der Waals surface area contributed by atoms with Gasteiger partial charge in [-0.1, -0.05) is 32.1 Å². The zero-order valence-electron chi connectivity index (χ0n) is 17.0. The van der Waals surface area contributed by atoms with Crippen LogP contribution in [0.2, 0.25) is 0 Å². The van der Waals surface area contributed by atoms with Crippen LogP contribution in [0.3, 0.4) is 0 Å². The second-order valence-corrected chi connectivity index (χ2v) is 6.98. The number of nitrogens with one attached hydrogen (secondary N) is 1. The third-order valence-corrected chi connectivity index (χ3v) is 4.91. The number of rotatable bonds is 8. The number of methoxy groups -OCH3 is 3. The molecule has 2 rings (SSSR count). The molecule has 0 atom stereocenters. The molecule has 7 heteroatoms. The lowest BCUT2D eigenvalue weighted by Gasteiger charge is -2.21. The summed E-state index contributed by atoms with van der Waals surface area (Å²) in [5, 5.41) is 2.98. The lowest BCUT2D eigenvalue weighted by atomic mass is 9.97. The smallest absolute Gasteiger partial charge is 0.310 e. The van der Waals surface area contributed by atoms with Crippen LogP contribution in [0.25, 0.3) is 0 Å². The Morgan fingerprint density at radius 2 is 1.50 bits per heavy atom. The zero-order valence-corrected chi connectivity index (χ0v) is 17.0. The summed E-state index contributed by atoms with van der Waals surface area (Å²) in [6.07, 6.45) is 7.97. The monoisotopic (exact) mass is 393 g/mol. The molecule has 1 aliphatic rings. The minimum Gasteiger partial charge on any atom is -0.493 e. The number of carbonyl (C=O) groups is 2. The van der Waals surface area contributed by atoms with Crippen molar-refractivity contribution in [2.75, 3.05) is 27.9 Å². The van der Waals surface area contributed by atoms with E-state index in [1.165, 1.54) is 40.6 Å². The fourth-order valence-electron chi connectivity index (χ4n) is 3.47. The molecule has 0 saturated heterocycles. The molecule has 0 bridgehead atoms. The zero-order chi connectivity index (χ0) is 20.4. The molecule has 0 aromatic heterocycles. The largest absolute Gasteiger partial charge is 0.493 e. The van der Waals surface area contributed by atoms with Crippen LogP contribution < -0.4 is 19.5 Å². The molecule has 7 nitrogen and oxygen atoms in total. The Labute approximate surface area is 166 Å². The maximum atomic E-state index is 12.1. The van der Waals surface area contributed by atoms with Crippen molar-refractivity contribution in [3.63, 3.8) is 0 Å². The Hall–Kier alpha value is -2.44. The van der Waals surface area contributed by atoms with E-state index in [-0.39, 0.29) is 25.0 Å². The van der Waals surface area contributed by atoms with Crippen LogP contribution in [0, 0.1) is 0 Å². The maximum Gasteiger partial charge on any atom is 0.310 e. The molecule has 28 heavy (non-hydrogen) atoms. The standard InChI is InChI=1S/C21H31NO6/c1-25-17-11-15(12-18(26-2)21(17)27-3)13-20(24)28-14-19(23)22-16-9-7-5-4-6-8-10-16/h11-12,16H,4-10,13-14H2,1-3H3,(H,22,23). The second-order valence-electron chi connectivity index (χ2n) is 6.98. The summed E-state index contributed by atoms with van der Waals surface area (Å²) in [5.41, 5.74) is 0.653. The molecule has 1 aromatic carbocycles. The molecule has 0 aliphatic heterocycles. The first kappa shape index (κ1) is 21.9. The van der Waals surface area contributed by atoms with Gasteiger partial charge in [0.1, 0.15) is 0 Å². The molecule has 0 unspecified atom stereocenters. The van der Waals surface area contributed by atoms with Crippen LogP contribution in [-0.4, -0.2) is 45.9 Å². The highest BCUT2D eigenvalue weighted by Gasteiger charge is 2.17. The summed E-state index contributed by atoms with van der Waals surface area (Å²) < 4.78 is 21.0. The van der Waals surface area contributed by atoms with Gasteiger partial charge < -0.3 is 24.3 Å². The van der Waals surface area contributed by atoms with Crippen molar-refractivity contribution in [1.29, 1.82) is 0 Å². The summed E-state index contributed by atoms with van der Waals surface area (Å²) in [6, 6.07) is 3.57. The van der Waals surface area contributed by atoms with Crippen molar-refractivity contribution in [2.45, 2.75) is 57.4 Å². The van der Waals surface area contributed by atoms with E-state index in [1.54, 1.807) is 12.1 Å². The van der Waals surface area contributed by atoms with Gasteiger partial charge in [-0.2, -0.15) is 0 Å².